The maximum atomic E-state index is 10.8. The van der Waals surface area contributed by atoms with Crippen LogP contribution in [-0.2, 0) is 4.74 Å². The fourth-order valence-corrected chi connectivity index (χ4v) is 2.31. The molecule has 1 heterocycles. The Morgan fingerprint density at radius 2 is 1.95 bits per heavy atom. The zero-order valence-electron chi connectivity index (χ0n) is 11.2. The minimum atomic E-state index is -1.54. The van der Waals surface area contributed by atoms with Gasteiger partial charge in [0.25, 0.3) is 5.69 Å². The second kappa shape index (κ2) is 6.73. The van der Waals surface area contributed by atoms with Gasteiger partial charge in [0.2, 0.25) is 0 Å². The Morgan fingerprint density at radius 3 is 2.55 bits per heavy atom. The minimum Gasteiger partial charge on any atom is -0.394 e. The molecule has 0 radical (unpaired) electrons. The van der Waals surface area contributed by atoms with Crippen LogP contribution in [-0.4, -0.2) is 62.6 Å². The summed E-state index contributed by atoms with van der Waals surface area (Å²) in [5.41, 5.74) is -0.114. The lowest BCUT2D eigenvalue weighted by Crippen LogP contribution is -2.60. The molecule has 0 unspecified atom stereocenters. The van der Waals surface area contributed by atoms with Crippen molar-refractivity contribution in [1.82, 2.24) is 0 Å². The van der Waals surface area contributed by atoms with Gasteiger partial charge in [0.05, 0.1) is 11.5 Å². The zero-order valence-corrected chi connectivity index (χ0v) is 11.9. The molecule has 2 rings (SSSR count). The first-order chi connectivity index (χ1) is 10.3. The van der Waals surface area contributed by atoms with Crippen molar-refractivity contribution >= 4 is 23.0 Å². The maximum absolute atomic E-state index is 10.8. The van der Waals surface area contributed by atoms with Crippen molar-refractivity contribution in [2.75, 3.05) is 11.9 Å². The summed E-state index contributed by atoms with van der Waals surface area (Å²) in [7, 11) is 0. The van der Waals surface area contributed by atoms with E-state index in [0.717, 1.165) is 6.07 Å². The average molecular weight is 335 g/mol. The molecule has 1 saturated heterocycles. The number of ether oxygens (including phenoxy) is 1. The normalized spacial score (nSPS) is 31.8. The van der Waals surface area contributed by atoms with Gasteiger partial charge in [-0.25, -0.2) is 0 Å². The molecule has 9 nitrogen and oxygen atoms in total. The van der Waals surface area contributed by atoms with Crippen LogP contribution in [0.4, 0.5) is 11.4 Å². The summed E-state index contributed by atoms with van der Waals surface area (Å²) in [5, 5.41) is 51.7. The van der Waals surface area contributed by atoms with E-state index < -0.39 is 42.2 Å². The smallest absolute Gasteiger partial charge is 0.289 e. The first kappa shape index (κ1) is 16.9. The van der Waals surface area contributed by atoms with E-state index in [0.29, 0.717) is 0 Å². The van der Waals surface area contributed by atoms with Gasteiger partial charge < -0.3 is 30.5 Å². The van der Waals surface area contributed by atoms with Crippen LogP contribution in [0.25, 0.3) is 0 Å². The van der Waals surface area contributed by atoms with Crippen molar-refractivity contribution < 1.29 is 30.1 Å². The average Bonchev–Trinajstić information content (AvgIpc) is 2.49. The Morgan fingerprint density at radius 1 is 1.27 bits per heavy atom. The van der Waals surface area contributed by atoms with Gasteiger partial charge in [-0.3, -0.25) is 10.1 Å². The Bertz CT molecular complexity index is 556. The molecule has 122 valence electrons. The molecule has 22 heavy (non-hydrogen) atoms. The van der Waals surface area contributed by atoms with Crippen LogP contribution in [0.1, 0.15) is 0 Å². The van der Waals surface area contributed by atoms with E-state index in [9.17, 15) is 25.4 Å². The molecule has 1 fully saturated rings. The molecule has 0 bridgehead atoms. The third-order valence-electron chi connectivity index (χ3n) is 3.34. The Hall–Kier alpha value is -1.49. The Labute approximate surface area is 129 Å². The molecule has 0 spiro atoms. The number of halogens is 1. The largest absolute Gasteiger partial charge is 0.394 e. The van der Waals surface area contributed by atoms with E-state index in [4.69, 9.17) is 21.4 Å². The predicted molar refractivity (Wildman–Crippen MR) is 75.5 cm³/mol. The van der Waals surface area contributed by atoms with Crippen molar-refractivity contribution in [1.29, 1.82) is 0 Å². The van der Waals surface area contributed by atoms with Crippen LogP contribution in [0.15, 0.2) is 18.2 Å². The Balaban J connectivity index is 2.19. The molecule has 1 aliphatic heterocycles. The van der Waals surface area contributed by atoms with Gasteiger partial charge in [-0.05, 0) is 12.1 Å². The summed E-state index contributed by atoms with van der Waals surface area (Å²) in [6.07, 6.45) is -6.75. The summed E-state index contributed by atoms with van der Waals surface area (Å²) in [5.74, 6) is 0. The summed E-state index contributed by atoms with van der Waals surface area (Å²) < 4.78 is 5.24. The number of nitrogens with zero attached hydrogens (tertiary/aromatic N) is 1. The number of hydrogen-bond donors (Lipinski definition) is 5. The first-order valence-electron chi connectivity index (χ1n) is 6.36. The minimum absolute atomic E-state index is 0.0515. The van der Waals surface area contributed by atoms with E-state index in [2.05, 4.69) is 5.32 Å². The molecule has 5 N–H and O–H groups in total. The second-order valence-electron chi connectivity index (χ2n) is 4.82. The molecule has 10 heteroatoms. The highest BCUT2D eigenvalue weighted by molar-refractivity contribution is 6.32. The molecule has 5 atom stereocenters. The number of hydrogen-bond acceptors (Lipinski definition) is 8. The van der Waals surface area contributed by atoms with Gasteiger partial charge in [-0.1, -0.05) is 11.6 Å². The van der Waals surface area contributed by atoms with Crippen molar-refractivity contribution in [3.63, 3.8) is 0 Å². The lowest BCUT2D eigenvalue weighted by atomic mass is 9.98. The molecule has 1 aromatic rings. The number of aliphatic hydroxyl groups excluding tert-OH is 4. The molecule has 0 amide bonds. The third kappa shape index (κ3) is 3.29. The number of nitro benzene ring substituents is 1. The predicted octanol–water partition coefficient (Wildman–Crippen LogP) is -0.540. The molecule has 1 aliphatic rings. The van der Waals surface area contributed by atoms with Gasteiger partial charge in [-0.15, -0.1) is 0 Å². The molecule has 0 saturated carbocycles. The number of nitro groups is 1. The van der Waals surface area contributed by atoms with E-state index in [1.54, 1.807) is 0 Å². The van der Waals surface area contributed by atoms with Crippen LogP contribution >= 0.6 is 11.6 Å². The first-order valence-corrected chi connectivity index (χ1v) is 6.74. The van der Waals surface area contributed by atoms with Crippen LogP contribution in [0.3, 0.4) is 0 Å². The number of anilines is 1. The fraction of sp³-hybridized carbons (Fsp3) is 0.500. The third-order valence-corrected chi connectivity index (χ3v) is 3.66. The molecule has 1 aromatic carbocycles. The van der Waals surface area contributed by atoms with Gasteiger partial charge in [0, 0.05) is 11.8 Å². The van der Waals surface area contributed by atoms with Gasteiger partial charge in [0.15, 0.2) is 6.23 Å². The lowest BCUT2D eigenvalue weighted by Gasteiger charge is -2.40. The Kier molecular flexibility index (Phi) is 5.16. The number of benzene rings is 1. The highest BCUT2D eigenvalue weighted by atomic mass is 35.5. The molecule has 0 aliphatic carbocycles. The SMILES string of the molecule is O=[N+]([O-])c1cc(N[C@@H]2O[C@H](CO)[C@@H](O)[C@H](O)[C@@H]2O)ccc1Cl. The molecule has 0 aromatic heterocycles. The summed E-state index contributed by atoms with van der Waals surface area (Å²) in [6.45, 7) is -0.566. The van der Waals surface area contributed by atoms with Crippen LogP contribution in [0.2, 0.25) is 5.02 Å². The number of rotatable bonds is 4. The van der Waals surface area contributed by atoms with E-state index in [-0.39, 0.29) is 16.4 Å². The van der Waals surface area contributed by atoms with Gasteiger partial charge in [-0.2, -0.15) is 0 Å². The monoisotopic (exact) mass is 334 g/mol. The van der Waals surface area contributed by atoms with Gasteiger partial charge in [0.1, 0.15) is 29.4 Å². The van der Waals surface area contributed by atoms with E-state index in [1.165, 1.54) is 12.1 Å². The fourth-order valence-electron chi connectivity index (χ4n) is 2.13. The van der Waals surface area contributed by atoms with Crippen LogP contribution < -0.4 is 5.32 Å². The maximum Gasteiger partial charge on any atom is 0.289 e. The summed E-state index contributed by atoms with van der Waals surface area (Å²) in [4.78, 5) is 10.2. The zero-order chi connectivity index (χ0) is 16.4. The van der Waals surface area contributed by atoms with Crippen LogP contribution in [0.5, 0.6) is 0 Å². The van der Waals surface area contributed by atoms with E-state index in [1.807, 2.05) is 0 Å². The van der Waals surface area contributed by atoms with Crippen molar-refractivity contribution in [2.24, 2.45) is 0 Å². The quantitative estimate of drug-likeness (QED) is 0.364. The van der Waals surface area contributed by atoms with Crippen molar-refractivity contribution in [3.05, 3.63) is 33.3 Å². The number of aliphatic hydroxyl groups is 4. The lowest BCUT2D eigenvalue weighted by molar-refractivity contribution is -0.384. The summed E-state index contributed by atoms with van der Waals surface area (Å²) in [6, 6.07) is 3.87. The second-order valence-corrected chi connectivity index (χ2v) is 5.22. The van der Waals surface area contributed by atoms with Gasteiger partial charge >= 0.3 is 0 Å². The van der Waals surface area contributed by atoms with E-state index >= 15 is 0 Å². The number of nitrogens with one attached hydrogen (secondary N) is 1. The topological polar surface area (TPSA) is 145 Å². The summed E-state index contributed by atoms with van der Waals surface area (Å²) >= 11 is 5.69. The van der Waals surface area contributed by atoms with Crippen molar-refractivity contribution in [3.8, 4) is 0 Å². The highest BCUT2D eigenvalue weighted by Gasteiger charge is 2.43. The standard InChI is InChI=1S/C12H15ClN2O7/c13-6-2-1-5(3-7(6)15(20)21)14-12-11(19)10(18)9(17)8(4-16)22-12/h1-3,8-12,14,16-19H,4H2/t8-,9-,10+,11+,12-/m1/s1. The highest BCUT2D eigenvalue weighted by Crippen LogP contribution is 2.29. The van der Waals surface area contributed by atoms with Crippen LogP contribution in [0, 0.1) is 10.1 Å². The molecular weight excluding hydrogens is 320 g/mol. The van der Waals surface area contributed by atoms with Crippen molar-refractivity contribution in [2.45, 2.75) is 30.6 Å². The molecular formula is C12H15ClN2O7.